The SMILES string of the molecule is COc1c(CN2O[C@@H](CN)[C@H](C(C)O)[C@H]2C(=O)N[C@H]2C[C@H]3C[C@@H]([C@@H]2C)C3(C)C)cccc1-c1cc(CNCCN(C)C)cc(N(C)C)c1. The molecule has 5 N–H and O–H groups in total. The minimum atomic E-state index is -0.776. The van der Waals surface area contributed by atoms with Crippen molar-refractivity contribution in [2.75, 3.05) is 59.8 Å². The van der Waals surface area contributed by atoms with E-state index in [1.54, 1.807) is 19.1 Å². The van der Waals surface area contributed by atoms with Crippen LogP contribution in [0.4, 0.5) is 5.69 Å². The zero-order valence-corrected chi connectivity index (χ0v) is 30.6. The lowest BCUT2D eigenvalue weighted by molar-refractivity contribution is -0.175. The number of ether oxygens (including phenoxy) is 1. The molecule has 0 aromatic heterocycles. The first-order valence-electron chi connectivity index (χ1n) is 17.7. The van der Waals surface area contributed by atoms with E-state index in [9.17, 15) is 9.90 Å². The van der Waals surface area contributed by atoms with Crippen molar-refractivity contribution in [3.8, 4) is 16.9 Å². The van der Waals surface area contributed by atoms with Gasteiger partial charge in [-0.1, -0.05) is 39.0 Å². The molecule has 1 unspecified atom stereocenters. The summed E-state index contributed by atoms with van der Waals surface area (Å²) in [7, 11) is 9.95. The van der Waals surface area contributed by atoms with Crippen molar-refractivity contribution in [2.24, 2.45) is 34.8 Å². The fourth-order valence-corrected chi connectivity index (χ4v) is 8.60. The summed E-state index contributed by atoms with van der Waals surface area (Å²) in [6.07, 6.45) is 0.971. The summed E-state index contributed by atoms with van der Waals surface area (Å²) in [6.45, 7) is 11.9. The molecule has 1 heterocycles. The number of amides is 1. The lowest BCUT2D eigenvalue weighted by atomic mass is 9.45. The number of hydrogen-bond acceptors (Lipinski definition) is 9. The Morgan fingerprint density at radius 3 is 2.54 bits per heavy atom. The fraction of sp³-hybridized carbons (Fsp3) is 0.658. The highest BCUT2D eigenvalue weighted by Crippen LogP contribution is 2.61. The van der Waals surface area contributed by atoms with Crippen LogP contribution in [0.3, 0.4) is 0 Å². The van der Waals surface area contributed by atoms with E-state index in [4.69, 9.17) is 15.3 Å². The van der Waals surface area contributed by atoms with Crippen LogP contribution < -0.4 is 26.0 Å². The number of nitrogens with zero attached hydrogens (tertiary/aromatic N) is 3. The lowest BCUT2D eigenvalue weighted by Crippen LogP contribution is -2.62. The van der Waals surface area contributed by atoms with Crippen LogP contribution in [0.15, 0.2) is 36.4 Å². The van der Waals surface area contributed by atoms with E-state index in [-0.39, 0.29) is 18.5 Å². The van der Waals surface area contributed by atoms with Gasteiger partial charge in [0.05, 0.1) is 25.9 Å². The summed E-state index contributed by atoms with van der Waals surface area (Å²) in [5.74, 6) is 1.78. The largest absolute Gasteiger partial charge is 0.496 e. The maximum atomic E-state index is 14.2. The first-order valence-corrected chi connectivity index (χ1v) is 17.7. The van der Waals surface area contributed by atoms with E-state index in [1.807, 2.05) is 12.1 Å². The standard InChI is InChI=1S/C38H60N6O4/c1-23-31-18-28(38(31,3)4)19-32(23)41-37(46)35-34(24(2)45)33(20-39)48-44(35)22-26-11-10-12-30(36(26)47-9)27-15-25(16-29(17-27)43(7)8)21-40-13-14-42(5)6/h10-12,15-17,23-24,28,31-35,40,45H,13-14,18-22,39H2,1-9H3,(H,41,46)/t23-,24?,28+,31-,32-,33-,34-,35-/m0/s1. The van der Waals surface area contributed by atoms with E-state index in [1.165, 1.54) is 12.0 Å². The first-order chi connectivity index (χ1) is 22.8. The molecule has 1 aliphatic heterocycles. The predicted octanol–water partition coefficient (Wildman–Crippen LogP) is 3.71. The third kappa shape index (κ3) is 7.39. The summed E-state index contributed by atoms with van der Waals surface area (Å²) in [5, 5.41) is 19.7. The van der Waals surface area contributed by atoms with Gasteiger partial charge in [0.2, 0.25) is 5.91 Å². The predicted molar refractivity (Wildman–Crippen MR) is 193 cm³/mol. The molecule has 10 heteroatoms. The molecular formula is C38H60N6O4. The number of likely N-dealkylation sites (N-methyl/N-ethyl adjacent to an activating group) is 1. The zero-order chi connectivity index (χ0) is 34.9. The number of fused-ring (bicyclic) bond motifs is 2. The molecule has 1 amide bonds. The van der Waals surface area contributed by atoms with Crippen LogP contribution in [-0.2, 0) is 22.7 Å². The molecule has 4 fully saturated rings. The number of carbonyl (C=O) groups excluding carboxylic acids is 1. The van der Waals surface area contributed by atoms with Crippen LogP contribution in [0, 0.1) is 29.1 Å². The third-order valence-corrected chi connectivity index (χ3v) is 11.6. The maximum Gasteiger partial charge on any atom is 0.240 e. The molecule has 2 aromatic carbocycles. The van der Waals surface area contributed by atoms with Gasteiger partial charge in [0.1, 0.15) is 11.8 Å². The third-order valence-electron chi connectivity index (χ3n) is 11.6. The summed E-state index contributed by atoms with van der Waals surface area (Å²) in [5.41, 5.74) is 11.7. The molecule has 0 radical (unpaired) electrons. The van der Waals surface area contributed by atoms with Crippen molar-refractivity contribution in [3.63, 3.8) is 0 Å². The number of aliphatic hydroxyl groups is 1. The monoisotopic (exact) mass is 664 g/mol. The second-order valence-electron chi connectivity index (χ2n) is 15.5. The lowest BCUT2D eigenvalue weighted by Gasteiger charge is -2.62. The van der Waals surface area contributed by atoms with Gasteiger partial charge >= 0.3 is 0 Å². The Morgan fingerprint density at radius 2 is 1.94 bits per heavy atom. The van der Waals surface area contributed by atoms with E-state index in [0.717, 1.165) is 54.2 Å². The molecule has 6 rings (SSSR count). The maximum absolute atomic E-state index is 14.2. The smallest absolute Gasteiger partial charge is 0.240 e. The van der Waals surface area contributed by atoms with Gasteiger partial charge in [0, 0.05) is 69.0 Å². The van der Waals surface area contributed by atoms with Crippen molar-refractivity contribution in [1.29, 1.82) is 0 Å². The topological polar surface area (TPSA) is 116 Å². The Bertz CT molecular complexity index is 1410. The number of rotatable bonds is 14. The van der Waals surface area contributed by atoms with Gasteiger partial charge in [0.25, 0.3) is 0 Å². The number of para-hydroxylation sites is 1. The Balaban J connectivity index is 1.42. The second-order valence-corrected chi connectivity index (χ2v) is 15.5. The molecule has 2 aromatic rings. The zero-order valence-electron chi connectivity index (χ0n) is 30.6. The van der Waals surface area contributed by atoms with Crippen LogP contribution >= 0.6 is 0 Å². The van der Waals surface area contributed by atoms with Gasteiger partial charge in [-0.3, -0.25) is 9.63 Å². The quantitative estimate of drug-likeness (QED) is 0.225. The Kier molecular flexibility index (Phi) is 11.4. The van der Waals surface area contributed by atoms with Gasteiger partial charge in [-0.25, -0.2) is 0 Å². The van der Waals surface area contributed by atoms with Crippen LogP contribution in [0.2, 0.25) is 0 Å². The average molecular weight is 665 g/mol. The second kappa shape index (κ2) is 15.0. The summed E-state index contributed by atoms with van der Waals surface area (Å²) >= 11 is 0. The highest BCUT2D eigenvalue weighted by molar-refractivity contribution is 5.83. The molecule has 48 heavy (non-hydrogen) atoms. The fourth-order valence-electron chi connectivity index (χ4n) is 8.60. The molecule has 0 spiro atoms. The number of hydrogen-bond donors (Lipinski definition) is 4. The summed E-state index contributed by atoms with van der Waals surface area (Å²) in [4.78, 5) is 24.9. The van der Waals surface area contributed by atoms with Gasteiger partial charge < -0.3 is 36.0 Å². The van der Waals surface area contributed by atoms with Crippen molar-refractivity contribution in [1.82, 2.24) is 20.6 Å². The number of aliphatic hydroxyl groups excluding tert-OH is 1. The van der Waals surface area contributed by atoms with Gasteiger partial charge in [-0.05, 0) is 86.4 Å². The van der Waals surface area contributed by atoms with Crippen LogP contribution in [0.25, 0.3) is 11.1 Å². The Hall–Kier alpha value is -2.73. The molecule has 2 bridgehead atoms. The number of anilines is 1. The minimum Gasteiger partial charge on any atom is -0.496 e. The molecule has 3 saturated carbocycles. The summed E-state index contributed by atoms with van der Waals surface area (Å²) < 4.78 is 6.11. The van der Waals surface area contributed by atoms with Crippen LogP contribution in [0.1, 0.15) is 51.7 Å². The molecule has 3 aliphatic carbocycles. The Morgan fingerprint density at radius 1 is 1.19 bits per heavy atom. The molecule has 4 aliphatic rings. The van der Waals surface area contributed by atoms with Crippen LogP contribution in [0.5, 0.6) is 5.75 Å². The van der Waals surface area contributed by atoms with Crippen molar-refractivity contribution in [2.45, 2.75) is 77.9 Å². The molecular weight excluding hydrogens is 604 g/mol. The number of hydroxylamine groups is 2. The van der Waals surface area contributed by atoms with Gasteiger partial charge in [-0.15, -0.1) is 0 Å². The number of methoxy groups -OCH3 is 1. The summed E-state index contributed by atoms with van der Waals surface area (Å²) in [6, 6.07) is 12.1. The van der Waals surface area contributed by atoms with Gasteiger partial charge in [0.15, 0.2) is 0 Å². The van der Waals surface area contributed by atoms with E-state index < -0.39 is 24.2 Å². The average Bonchev–Trinajstić information content (AvgIpc) is 3.42. The molecule has 10 nitrogen and oxygen atoms in total. The number of carbonyl (C=O) groups is 1. The van der Waals surface area contributed by atoms with Crippen molar-refractivity contribution < 1.29 is 19.5 Å². The first kappa shape index (κ1) is 36.5. The van der Waals surface area contributed by atoms with E-state index in [2.05, 4.69) is 93.7 Å². The van der Waals surface area contributed by atoms with Gasteiger partial charge in [-0.2, -0.15) is 5.06 Å². The van der Waals surface area contributed by atoms with E-state index in [0.29, 0.717) is 29.7 Å². The van der Waals surface area contributed by atoms with E-state index >= 15 is 0 Å². The highest BCUT2D eigenvalue weighted by atomic mass is 16.7. The number of nitrogens with one attached hydrogen (secondary N) is 2. The number of nitrogens with two attached hydrogens (primary N) is 1. The molecule has 266 valence electrons. The number of benzene rings is 2. The van der Waals surface area contributed by atoms with Crippen LogP contribution in [-0.4, -0.2) is 100 Å². The molecule has 8 atom stereocenters. The van der Waals surface area contributed by atoms with Crippen molar-refractivity contribution >= 4 is 11.6 Å². The Labute approximate surface area is 288 Å². The normalized spacial score (nSPS) is 28.6. The minimum absolute atomic E-state index is 0.104. The molecule has 1 saturated heterocycles. The highest BCUT2D eigenvalue weighted by Gasteiger charge is 2.57. The van der Waals surface area contributed by atoms with Crippen molar-refractivity contribution in [3.05, 3.63) is 47.5 Å².